The third-order valence-corrected chi connectivity index (χ3v) is 6.23. The van der Waals surface area contributed by atoms with Crippen LogP contribution in [0.1, 0.15) is 24.8 Å². The van der Waals surface area contributed by atoms with Crippen molar-refractivity contribution in [3.63, 3.8) is 0 Å². The van der Waals surface area contributed by atoms with Crippen LogP contribution in [0.4, 0.5) is 11.4 Å². The maximum absolute atomic E-state index is 11.3. The van der Waals surface area contributed by atoms with Gasteiger partial charge >= 0.3 is 0 Å². The van der Waals surface area contributed by atoms with Crippen LogP contribution >= 0.6 is 23.1 Å². The molecule has 0 radical (unpaired) electrons. The van der Waals surface area contributed by atoms with E-state index in [1.54, 1.807) is 12.1 Å². The van der Waals surface area contributed by atoms with Gasteiger partial charge in [-0.25, -0.2) is 4.98 Å². The zero-order valence-corrected chi connectivity index (χ0v) is 13.6. The van der Waals surface area contributed by atoms with Crippen LogP contribution in [0.15, 0.2) is 12.1 Å². The number of hydrogen-bond acceptors (Lipinski definition) is 6. The van der Waals surface area contributed by atoms with E-state index in [4.69, 9.17) is 0 Å². The first kappa shape index (κ1) is 14.6. The predicted octanol–water partition coefficient (Wildman–Crippen LogP) is 4.21. The second-order valence-corrected chi connectivity index (χ2v) is 8.50. The van der Waals surface area contributed by atoms with E-state index in [0.29, 0.717) is 5.69 Å². The number of nitro groups is 1. The van der Waals surface area contributed by atoms with E-state index in [9.17, 15) is 10.1 Å². The number of nitro benzene ring substituents is 1. The molecular weight excluding hydrogens is 306 g/mol. The summed E-state index contributed by atoms with van der Waals surface area (Å²) in [6.07, 6.45) is 2.37. The van der Waals surface area contributed by atoms with E-state index >= 15 is 0 Å². The van der Waals surface area contributed by atoms with E-state index in [0.717, 1.165) is 28.2 Å². The number of nitrogens with zero attached hydrogens (tertiary/aromatic N) is 2. The van der Waals surface area contributed by atoms with Crippen LogP contribution < -0.4 is 5.32 Å². The molecule has 1 fully saturated rings. The lowest BCUT2D eigenvalue weighted by molar-refractivity contribution is -0.383. The molecule has 1 aromatic carbocycles. The number of hydrogen-bond donors (Lipinski definition) is 1. The molecule has 1 aliphatic rings. The van der Waals surface area contributed by atoms with Crippen molar-refractivity contribution in [1.82, 2.24) is 4.98 Å². The minimum atomic E-state index is -0.319. The van der Waals surface area contributed by atoms with Gasteiger partial charge in [0.05, 0.1) is 20.1 Å². The summed E-state index contributed by atoms with van der Waals surface area (Å²) >= 11 is 3.43. The predicted molar refractivity (Wildman–Crippen MR) is 89.6 cm³/mol. The summed E-state index contributed by atoms with van der Waals surface area (Å²) in [5.41, 5.74) is 1.54. The molecule has 1 aromatic heterocycles. The Morgan fingerprint density at radius 1 is 1.52 bits per heavy atom. The summed E-state index contributed by atoms with van der Waals surface area (Å²) in [5.74, 6) is 1.17. The number of thioether (sulfide) groups is 1. The molecular formula is C14H17N3O2S2. The van der Waals surface area contributed by atoms with Crippen LogP contribution in [0.2, 0.25) is 0 Å². The van der Waals surface area contributed by atoms with Crippen molar-refractivity contribution in [2.45, 2.75) is 31.4 Å². The molecule has 0 saturated carbocycles. The highest BCUT2D eigenvalue weighted by molar-refractivity contribution is 8.00. The van der Waals surface area contributed by atoms with Crippen molar-refractivity contribution in [2.75, 3.05) is 17.6 Å². The molecule has 2 heterocycles. The average molecular weight is 323 g/mol. The second-order valence-electron chi connectivity index (χ2n) is 5.58. The van der Waals surface area contributed by atoms with E-state index in [2.05, 4.69) is 17.2 Å². The number of anilines is 1. The average Bonchev–Trinajstić information content (AvgIpc) is 3.00. The first-order chi connectivity index (χ1) is 9.97. The number of aryl methyl sites for hydroxylation is 1. The molecule has 0 aliphatic carbocycles. The van der Waals surface area contributed by atoms with E-state index in [1.165, 1.54) is 23.5 Å². The summed E-state index contributed by atoms with van der Waals surface area (Å²) < 4.78 is 1.03. The summed E-state index contributed by atoms with van der Waals surface area (Å²) in [5, 5.41) is 15.5. The summed E-state index contributed by atoms with van der Waals surface area (Å²) in [6.45, 7) is 4.88. The molecule has 1 N–H and O–H groups in total. The van der Waals surface area contributed by atoms with Crippen molar-refractivity contribution in [3.05, 3.63) is 27.3 Å². The maximum atomic E-state index is 11.3. The minimum Gasteiger partial charge on any atom is -0.378 e. The molecule has 112 valence electrons. The van der Waals surface area contributed by atoms with Crippen LogP contribution in [0, 0.1) is 17.0 Å². The summed E-state index contributed by atoms with van der Waals surface area (Å²) in [7, 11) is 0. The highest BCUT2D eigenvalue weighted by Gasteiger charge is 2.30. The van der Waals surface area contributed by atoms with Gasteiger partial charge in [-0.2, -0.15) is 11.8 Å². The molecule has 3 rings (SSSR count). The Morgan fingerprint density at radius 2 is 2.33 bits per heavy atom. The fraction of sp³-hybridized carbons (Fsp3) is 0.500. The van der Waals surface area contributed by atoms with Crippen LogP contribution in [0.5, 0.6) is 0 Å². The molecule has 1 aliphatic heterocycles. The molecule has 0 amide bonds. The molecule has 1 saturated heterocycles. The van der Waals surface area contributed by atoms with E-state index in [-0.39, 0.29) is 15.4 Å². The van der Waals surface area contributed by atoms with Crippen LogP contribution in [0.25, 0.3) is 10.2 Å². The molecule has 0 bridgehead atoms. The number of rotatable bonds is 4. The number of fused-ring (bicyclic) bond motifs is 1. The first-order valence-electron chi connectivity index (χ1n) is 6.90. The lowest BCUT2D eigenvalue weighted by Crippen LogP contribution is -2.27. The molecule has 21 heavy (non-hydrogen) atoms. The quantitative estimate of drug-likeness (QED) is 0.674. The lowest BCUT2D eigenvalue weighted by atomic mass is 10.1. The monoisotopic (exact) mass is 323 g/mol. The Bertz CT molecular complexity index is 693. The summed E-state index contributed by atoms with van der Waals surface area (Å²) in [6, 6.07) is 3.44. The van der Waals surface area contributed by atoms with Gasteiger partial charge in [-0.05, 0) is 38.5 Å². The van der Waals surface area contributed by atoms with Gasteiger partial charge in [0.1, 0.15) is 5.69 Å². The van der Waals surface area contributed by atoms with Gasteiger partial charge in [0.15, 0.2) is 0 Å². The van der Waals surface area contributed by atoms with Crippen molar-refractivity contribution in [2.24, 2.45) is 0 Å². The van der Waals surface area contributed by atoms with Gasteiger partial charge in [-0.15, -0.1) is 11.3 Å². The molecule has 1 atom stereocenters. The fourth-order valence-corrected chi connectivity index (χ4v) is 4.72. The normalized spacial score (nSPS) is 21.8. The number of aromatic nitrogens is 1. The van der Waals surface area contributed by atoms with Gasteiger partial charge in [0, 0.05) is 17.4 Å². The van der Waals surface area contributed by atoms with Gasteiger partial charge in [0.25, 0.3) is 5.69 Å². The zero-order chi connectivity index (χ0) is 15.0. The van der Waals surface area contributed by atoms with Crippen molar-refractivity contribution in [1.29, 1.82) is 0 Å². The van der Waals surface area contributed by atoms with Crippen LogP contribution in [-0.4, -0.2) is 27.0 Å². The van der Waals surface area contributed by atoms with Gasteiger partial charge in [-0.3, -0.25) is 10.1 Å². The number of thiazole rings is 1. The lowest BCUT2D eigenvalue weighted by Gasteiger charge is -2.23. The Balaban J connectivity index is 1.91. The van der Waals surface area contributed by atoms with Gasteiger partial charge in [-0.1, -0.05) is 0 Å². The molecule has 2 aromatic rings. The van der Waals surface area contributed by atoms with E-state index < -0.39 is 0 Å². The third-order valence-electron chi connectivity index (χ3n) is 3.76. The van der Waals surface area contributed by atoms with Gasteiger partial charge < -0.3 is 5.32 Å². The molecule has 1 unspecified atom stereocenters. The maximum Gasteiger partial charge on any atom is 0.293 e. The van der Waals surface area contributed by atoms with Gasteiger partial charge in [0.2, 0.25) is 0 Å². The summed E-state index contributed by atoms with van der Waals surface area (Å²) in [4.78, 5) is 15.4. The van der Waals surface area contributed by atoms with Crippen molar-refractivity contribution < 1.29 is 4.92 Å². The second kappa shape index (κ2) is 5.46. The molecule has 0 spiro atoms. The fourth-order valence-electron chi connectivity index (χ4n) is 2.63. The molecule has 5 nitrogen and oxygen atoms in total. The van der Waals surface area contributed by atoms with Crippen molar-refractivity contribution >= 4 is 44.7 Å². The van der Waals surface area contributed by atoms with Crippen molar-refractivity contribution in [3.8, 4) is 0 Å². The number of benzene rings is 1. The smallest absolute Gasteiger partial charge is 0.293 e. The standard InChI is InChI=1S/C14H17N3O2S2/c1-9-16-11-6-10(12(17(18)19)7-13(11)21-9)15-8-14(2)4-3-5-20-14/h6-7,15H,3-5,8H2,1-2H3. The Morgan fingerprint density at radius 3 is 3.00 bits per heavy atom. The van der Waals surface area contributed by atoms with E-state index in [1.807, 2.05) is 18.7 Å². The zero-order valence-electron chi connectivity index (χ0n) is 12.0. The largest absolute Gasteiger partial charge is 0.378 e. The topological polar surface area (TPSA) is 68.1 Å². The van der Waals surface area contributed by atoms with Crippen LogP contribution in [-0.2, 0) is 0 Å². The first-order valence-corrected chi connectivity index (χ1v) is 8.70. The molecule has 7 heteroatoms. The third kappa shape index (κ3) is 2.98. The highest BCUT2D eigenvalue weighted by Crippen LogP contribution is 2.39. The number of nitrogens with one attached hydrogen (secondary N) is 1. The highest BCUT2D eigenvalue weighted by atomic mass is 32.2. The Hall–Kier alpha value is -1.34. The minimum absolute atomic E-state index is 0.137. The Labute approximate surface area is 131 Å². The Kier molecular flexibility index (Phi) is 3.79. The SMILES string of the molecule is Cc1nc2cc(NCC3(C)CCCS3)c([N+](=O)[O-])cc2s1. The van der Waals surface area contributed by atoms with Crippen LogP contribution in [0.3, 0.4) is 0 Å².